The van der Waals surface area contributed by atoms with E-state index in [9.17, 15) is 18.0 Å². The number of hydrogen-bond acceptors (Lipinski definition) is 6. The maximum atomic E-state index is 12.2. The van der Waals surface area contributed by atoms with Crippen LogP contribution in [0.5, 0.6) is 5.75 Å². The van der Waals surface area contributed by atoms with Crippen molar-refractivity contribution in [2.45, 2.75) is 18.7 Å². The summed E-state index contributed by atoms with van der Waals surface area (Å²) in [5.41, 5.74) is 1.52. The first-order valence-electron chi connectivity index (χ1n) is 8.49. The predicted octanol–water partition coefficient (Wildman–Crippen LogP) is 1.85. The number of sulfonamides is 1. The van der Waals surface area contributed by atoms with E-state index in [1.54, 1.807) is 6.07 Å². The minimum absolute atomic E-state index is 0.0000837. The van der Waals surface area contributed by atoms with Crippen LogP contribution in [0, 0.1) is 6.92 Å². The van der Waals surface area contributed by atoms with Crippen molar-refractivity contribution in [2.75, 3.05) is 25.1 Å². The highest BCUT2D eigenvalue weighted by atomic mass is 32.2. The van der Waals surface area contributed by atoms with Gasteiger partial charge in [0.15, 0.2) is 0 Å². The SMILES string of the molecule is CC(=O)Nc1ccc(S(=O)(=O)NCC(=O)OCCOc2cccc(C)c2)cc1. The van der Waals surface area contributed by atoms with Crippen molar-refractivity contribution in [3.63, 3.8) is 0 Å². The first-order chi connectivity index (χ1) is 13.3. The summed E-state index contributed by atoms with van der Waals surface area (Å²) < 4.78 is 36.9. The van der Waals surface area contributed by atoms with Gasteiger partial charge in [-0.15, -0.1) is 0 Å². The third kappa shape index (κ3) is 7.01. The number of anilines is 1. The summed E-state index contributed by atoms with van der Waals surface area (Å²) in [7, 11) is -3.87. The molecule has 2 aromatic rings. The monoisotopic (exact) mass is 406 g/mol. The number of nitrogens with one attached hydrogen (secondary N) is 2. The lowest BCUT2D eigenvalue weighted by atomic mass is 10.2. The number of carbonyl (C=O) groups excluding carboxylic acids is 2. The molecule has 0 radical (unpaired) electrons. The van der Waals surface area contributed by atoms with Crippen LogP contribution in [0.4, 0.5) is 5.69 Å². The van der Waals surface area contributed by atoms with Gasteiger partial charge in [-0.1, -0.05) is 12.1 Å². The average molecular weight is 406 g/mol. The number of hydrogen-bond donors (Lipinski definition) is 2. The minimum Gasteiger partial charge on any atom is -0.490 e. The van der Waals surface area contributed by atoms with E-state index >= 15 is 0 Å². The molecule has 0 spiro atoms. The maximum absolute atomic E-state index is 12.2. The van der Waals surface area contributed by atoms with Crippen molar-refractivity contribution < 1.29 is 27.5 Å². The number of carbonyl (C=O) groups is 2. The van der Waals surface area contributed by atoms with Crippen molar-refractivity contribution in [1.29, 1.82) is 0 Å². The van der Waals surface area contributed by atoms with Crippen LogP contribution in [0.3, 0.4) is 0 Å². The molecule has 150 valence electrons. The number of rotatable bonds is 9. The zero-order valence-corrected chi connectivity index (χ0v) is 16.4. The Balaban J connectivity index is 1.75. The Hall–Kier alpha value is -2.91. The fourth-order valence-corrected chi connectivity index (χ4v) is 3.20. The fraction of sp³-hybridized carbons (Fsp3) is 0.263. The second kappa shape index (κ2) is 9.86. The van der Waals surface area contributed by atoms with Crippen LogP contribution in [0.15, 0.2) is 53.4 Å². The molecule has 0 unspecified atom stereocenters. The van der Waals surface area contributed by atoms with Crippen LogP contribution < -0.4 is 14.8 Å². The molecule has 0 saturated carbocycles. The lowest BCUT2D eigenvalue weighted by Gasteiger charge is -2.09. The zero-order chi connectivity index (χ0) is 20.6. The van der Waals surface area contributed by atoms with E-state index in [2.05, 4.69) is 10.0 Å². The molecule has 0 atom stereocenters. The minimum atomic E-state index is -3.87. The molecular formula is C19H22N2O6S. The molecule has 1 amide bonds. The molecule has 0 bridgehead atoms. The number of ether oxygens (including phenoxy) is 2. The molecule has 0 aliphatic rings. The Morgan fingerprint density at radius 3 is 2.39 bits per heavy atom. The first kappa shape index (κ1) is 21.4. The van der Waals surface area contributed by atoms with Crippen molar-refractivity contribution in [3.8, 4) is 5.75 Å². The van der Waals surface area contributed by atoms with Gasteiger partial charge in [-0.3, -0.25) is 9.59 Å². The van der Waals surface area contributed by atoms with Crippen LogP contribution in [0.1, 0.15) is 12.5 Å². The molecule has 2 rings (SSSR count). The van der Waals surface area contributed by atoms with E-state index in [4.69, 9.17) is 9.47 Å². The van der Waals surface area contributed by atoms with E-state index < -0.39 is 22.5 Å². The van der Waals surface area contributed by atoms with Crippen LogP contribution in [-0.2, 0) is 24.3 Å². The summed E-state index contributed by atoms with van der Waals surface area (Å²) >= 11 is 0. The van der Waals surface area contributed by atoms with Gasteiger partial charge in [-0.25, -0.2) is 8.42 Å². The lowest BCUT2D eigenvalue weighted by molar-refractivity contribution is -0.142. The zero-order valence-electron chi connectivity index (χ0n) is 15.6. The summed E-state index contributed by atoms with van der Waals surface area (Å²) in [4.78, 5) is 22.7. The smallest absolute Gasteiger partial charge is 0.321 e. The quantitative estimate of drug-likeness (QED) is 0.486. The summed E-state index contributed by atoms with van der Waals surface area (Å²) in [6.07, 6.45) is 0. The summed E-state index contributed by atoms with van der Waals surface area (Å²) in [5, 5.41) is 2.54. The summed E-state index contributed by atoms with van der Waals surface area (Å²) in [6, 6.07) is 13.0. The lowest BCUT2D eigenvalue weighted by Crippen LogP contribution is -2.31. The first-order valence-corrected chi connectivity index (χ1v) is 9.97. The van der Waals surface area contributed by atoms with Crippen LogP contribution >= 0.6 is 0 Å². The van der Waals surface area contributed by atoms with Gasteiger partial charge in [-0.05, 0) is 48.9 Å². The van der Waals surface area contributed by atoms with Crippen molar-refractivity contribution in [3.05, 3.63) is 54.1 Å². The molecule has 28 heavy (non-hydrogen) atoms. The third-order valence-electron chi connectivity index (χ3n) is 3.50. The molecule has 0 aliphatic carbocycles. The van der Waals surface area contributed by atoms with Crippen molar-refractivity contribution in [1.82, 2.24) is 4.72 Å². The highest BCUT2D eigenvalue weighted by Gasteiger charge is 2.16. The molecule has 2 aromatic carbocycles. The van der Waals surface area contributed by atoms with Crippen LogP contribution in [0.2, 0.25) is 0 Å². The predicted molar refractivity (Wildman–Crippen MR) is 104 cm³/mol. The normalized spacial score (nSPS) is 10.9. The highest BCUT2D eigenvalue weighted by molar-refractivity contribution is 7.89. The number of amides is 1. The second-order valence-electron chi connectivity index (χ2n) is 5.92. The Morgan fingerprint density at radius 1 is 1.04 bits per heavy atom. The van der Waals surface area contributed by atoms with Gasteiger partial charge in [0.05, 0.1) is 4.90 Å². The van der Waals surface area contributed by atoms with Gasteiger partial charge in [-0.2, -0.15) is 4.72 Å². The highest BCUT2D eigenvalue weighted by Crippen LogP contribution is 2.14. The summed E-state index contributed by atoms with van der Waals surface area (Å²) in [5.74, 6) is -0.311. The molecule has 0 fully saturated rings. The van der Waals surface area contributed by atoms with E-state index in [0.29, 0.717) is 11.4 Å². The summed E-state index contributed by atoms with van der Waals surface area (Å²) in [6.45, 7) is 2.95. The van der Waals surface area contributed by atoms with E-state index in [-0.39, 0.29) is 24.0 Å². The van der Waals surface area contributed by atoms with Gasteiger partial charge >= 0.3 is 5.97 Å². The number of esters is 1. The second-order valence-corrected chi connectivity index (χ2v) is 7.68. The third-order valence-corrected chi connectivity index (χ3v) is 4.91. The Morgan fingerprint density at radius 2 is 1.75 bits per heavy atom. The Bertz CT molecular complexity index is 926. The van der Waals surface area contributed by atoms with Gasteiger partial charge in [0.25, 0.3) is 0 Å². The fourth-order valence-electron chi connectivity index (χ4n) is 2.23. The Kier molecular flexibility index (Phi) is 7.53. The Labute approximate surface area is 163 Å². The average Bonchev–Trinajstić information content (AvgIpc) is 2.64. The van der Waals surface area contributed by atoms with E-state index in [1.165, 1.54) is 31.2 Å². The van der Waals surface area contributed by atoms with E-state index in [0.717, 1.165) is 5.56 Å². The topological polar surface area (TPSA) is 111 Å². The van der Waals surface area contributed by atoms with Crippen LogP contribution in [0.25, 0.3) is 0 Å². The number of aryl methyl sites for hydroxylation is 1. The molecule has 0 aromatic heterocycles. The molecule has 8 nitrogen and oxygen atoms in total. The van der Waals surface area contributed by atoms with Gasteiger partial charge in [0.1, 0.15) is 25.5 Å². The van der Waals surface area contributed by atoms with Gasteiger partial charge < -0.3 is 14.8 Å². The van der Waals surface area contributed by atoms with Gasteiger partial charge in [0, 0.05) is 12.6 Å². The van der Waals surface area contributed by atoms with Crippen molar-refractivity contribution in [2.24, 2.45) is 0 Å². The standard InChI is InChI=1S/C19H22N2O6S/c1-14-4-3-5-17(12-14)26-10-11-27-19(23)13-20-28(24,25)18-8-6-16(7-9-18)21-15(2)22/h3-9,12,20H,10-11,13H2,1-2H3,(H,21,22). The largest absolute Gasteiger partial charge is 0.490 e. The molecule has 9 heteroatoms. The molecular weight excluding hydrogens is 384 g/mol. The maximum Gasteiger partial charge on any atom is 0.321 e. The van der Waals surface area contributed by atoms with E-state index in [1.807, 2.05) is 25.1 Å². The molecule has 0 saturated heterocycles. The van der Waals surface area contributed by atoms with Crippen LogP contribution in [-0.4, -0.2) is 40.1 Å². The number of benzene rings is 2. The van der Waals surface area contributed by atoms with Crippen molar-refractivity contribution >= 4 is 27.6 Å². The molecule has 2 N–H and O–H groups in total. The molecule has 0 aliphatic heterocycles. The van der Waals surface area contributed by atoms with Gasteiger partial charge in [0.2, 0.25) is 15.9 Å². The molecule has 0 heterocycles.